The molecule has 1 N–H and O–H groups in total. The lowest BCUT2D eigenvalue weighted by molar-refractivity contribution is -0.115. The van der Waals surface area contributed by atoms with E-state index in [0.29, 0.717) is 17.6 Å². The number of rotatable bonds is 0. The minimum atomic E-state index is -0.364. The maximum atomic E-state index is 11.8. The molecule has 0 unspecified atom stereocenters. The Hall–Kier alpha value is -0.890. The molecule has 0 heterocycles. The molecular formula is C21H26O2. The average molecular weight is 310 g/mol. The van der Waals surface area contributed by atoms with Gasteiger partial charge in [0.05, 0.1) is 5.60 Å². The Morgan fingerprint density at radius 3 is 2.91 bits per heavy atom. The summed E-state index contributed by atoms with van der Waals surface area (Å²) in [5.74, 6) is 3.97. The molecule has 4 fully saturated rings. The van der Waals surface area contributed by atoms with Crippen molar-refractivity contribution in [2.24, 2.45) is 35.0 Å². The van der Waals surface area contributed by atoms with Crippen LogP contribution in [0.1, 0.15) is 58.3 Å². The van der Waals surface area contributed by atoms with Crippen LogP contribution in [-0.4, -0.2) is 16.5 Å². The fourth-order valence-electron chi connectivity index (χ4n) is 8.35. The van der Waals surface area contributed by atoms with Gasteiger partial charge in [-0.3, -0.25) is 4.79 Å². The molecule has 6 aliphatic carbocycles. The normalized spacial score (nSPS) is 55.8. The van der Waals surface area contributed by atoms with Crippen molar-refractivity contribution < 1.29 is 9.90 Å². The zero-order chi connectivity index (χ0) is 15.6. The standard InChI is InChI=1S/C21H26O2/c1-20-17-6-7-21(20,23)10-12-9-16(19(12)20)18-14-5-3-13(22)8-11(14)2-4-15(17)18/h8,12,15-17,19,23H,2-7,9-10H2,1H3/t12-,15+,16+,17+,19+,20-,21-/m1/s1. The van der Waals surface area contributed by atoms with Crippen molar-refractivity contribution in [3.05, 3.63) is 22.8 Å². The van der Waals surface area contributed by atoms with Gasteiger partial charge in [0, 0.05) is 11.8 Å². The van der Waals surface area contributed by atoms with Crippen LogP contribution in [0.4, 0.5) is 0 Å². The highest BCUT2D eigenvalue weighted by atomic mass is 16.3. The van der Waals surface area contributed by atoms with E-state index in [0.717, 1.165) is 49.9 Å². The second kappa shape index (κ2) is 3.85. The van der Waals surface area contributed by atoms with Crippen molar-refractivity contribution in [2.45, 2.75) is 63.9 Å². The SMILES string of the molecule is C[C@]12[C@H]3[C@@H]4C[C@H]3C3=C5CCC(=O)C=C5CC[C@H]3[C@@H]1CC[C@@]2(O)C4. The van der Waals surface area contributed by atoms with Gasteiger partial charge >= 0.3 is 0 Å². The first-order chi connectivity index (χ1) is 11.0. The third-order valence-electron chi connectivity index (χ3n) is 9.13. The van der Waals surface area contributed by atoms with E-state index < -0.39 is 0 Å². The fraction of sp³-hybridized carbons (Fsp3) is 0.762. The van der Waals surface area contributed by atoms with Crippen molar-refractivity contribution in [3.63, 3.8) is 0 Å². The Labute approximate surface area is 138 Å². The topological polar surface area (TPSA) is 37.3 Å². The maximum absolute atomic E-state index is 11.8. The van der Waals surface area contributed by atoms with Crippen LogP contribution in [0, 0.1) is 35.0 Å². The predicted octanol–water partition coefficient (Wildman–Crippen LogP) is 3.80. The number of hydrogen-bond donors (Lipinski definition) is 1. The van der Waals surface area contributed by atoms with E-state index in [2.05, 4.69) is 6.92 Å². The van der Waals surface area contributed by atoms with Crippen molar-refractivity contribution in [1.29, 1.82) is 0 Å². The van der Waals surface area contributed by atoms with Crippen LogP contribution in [-0.2, 0) is 4.79 Å². The maximum Gasteiger partial charge on any atom is 0.156 e. The molecule has 0 saturated heterocycles. The van der Waals surface area contributed by atoms with Crippen LogP contribution < -0.4 is 0 Å². The molecule has 0 aromatic rings. The van der Waals surface area contributed by atoms with Gasteiger partial charge in [0.15, 0.2) is 5.78 Å². The van der Waals surface area contributed by atoms with Gasteiger partial charge in [-0.1, -0.05) is 12.5 Å². The largest absolute Gasteiger partial charge is 0.389 e. The van der Waals surface area contributed by atoms with E-state index in [9.17, 15) is 9.90 Å². The molecule has 23 heavy (non-hydrogen) atoms. The molecule has 0 aliphatic heterocycles. The summed E-state index contributed by atoms with van der Waals surface area (Å²) in [4.78, 5) is 11.8. The summed E-state index contributed by atoms with van der Waals surface area (Å²) in [6, 6.07) is 0. The molecule has 0 bridgehead atoms. The highest BCUT2D eigenvalue weighted by molar-refractivity contribution is 5.93. The summed E-state index contributed by atoms with van der Waals surface area (Å²) in [6.07, 6.45) is 10.6. The van der Waals surface area contributed by atoms with Gasteiger partial charge in [-0.15, -0.1) is 0 Å². The Morgan fingerprint density at radius 2 is 2.04 bits per heavy atom. The predicted molar refractivity (Wildman–Crippen MR) is 87.6 cm³/mol. The van der Waals surface area contributed by atoms with E-state index in [4.69, 9.17) is 0 Å². The average Bonchev–Trinajstić information content (AvgIpc) is 2.85. The van der Waals surface area contributed by atoms with Crippen LogP contribution in [0.2, 0.25) is 0 Å². The summed E-state index contributed by atoms with van der Waals surface area (Å²) < 4.78 is 0. The van der Waals surface area contributed by atoms with E-state index in [-0.39, 0.29) is 11.0 Å². The molecule has 0 aromatic heterocycles. The number of fused-ring (bicyclic) bond motifs is 4. The van der Waals surface area contributed by atoms with Gasteiger partial charge in [-0.2, -0.15) is 0 Å². The van der Waals surface area contributed by atoms with Gasteiger partial charge in [0.25, 0.3) is 0 Å². The van der Waals surface area contributed by atoms with Crippen molar-refractivity contribution in [2.75, 3.05) is 0 Å². The van der Waals surface area contributed by atoms with E-state index in [1.54, 1.807) is 11.1 Å². The quantitative estimate of drug-likeness (QED) is 0.739. The van der Waals surface area contributed by atoms with Crippen LogP contribution in [0.3, 0.4) is 0 Å². The highest BCUT2D eigenvalue weighted by Gasteiger charge is 2.75. The summed E-state index contributed by atoms with van der Waals surface area (Å²) in [6.45, 7) is 2.44. The first kappa shape index (κ1) is 13.4. The summed E-state index contributed by atoms with van der Waals surface area (Å²) >= 11 is 0. The number of ketones is 1. The smallest absolute Gasteiger partial charge is 0.156 e. The van der Waals surface area contributed by atoms with Crippen LogP contribution >= 0.6 is 0 Å². The van der Waals surface area contributed by atoms with Crippen molar-refractivity contribution in [1.82, 2.24) is 0 Å². The number of aliphatic hydroxyl groups is 1. The van der Waals surface area contributed by atoms with Crippen LogP contribution in [0.5, 0.6) is 0 Å². The fourth-order valence-corrected chi connectivity index (χ4v) is 8.35. The van der Waals surface area contributed by atoms with Crippen molar-refractivity contribution in [3.8, 4) is 0 Å². The second-order valence-corrected chi connectivity index (χ2v) is 9.51. The lowest BCUT2D eigenvalue weighted by Crippen LogP contribution is -2.56. The molecular weight excluding hydrogens is 284 g/mol. The van der Waals surface area contributed by atoms with Gasteiger partial charge in [0.1, 0.15) is 0 Å². The highest BCUT2D eigenvalue weighted by Crippen LogP contribution is 2.78. The van der Waals surface area contributed by atoms with E-state index in [1.165, 1.54) is 24.8 Å². The molecule has 2 nitrogen and oxygen atoms in total. The zero-order valence-electron chi connectivity index (χ0n) is 14.0. The first-order valence-corrected chi connectivity index (χ1v) is 9.72. The lowest BCUT2D eigenvalue weighted by atomic mass is 9.43. The molecule has 0 amide bonds. The minimum Gasteiger partial charge on any atom is -0.389 e. The van der Waals surface area contributed by atoms with E-state index >= 15 is 0 Å². The zero-order valence-corrected chi connectivity index (χ0v) is 14.0. The number of carbonyl (C=O) groups is 1. The molecule has 122 valence electrons. The Balaban J connectivity index is 1.55. The summed E-state index contributed by atoms with van der Waals surface area (Å²) in [5.41, 5.74) is 4.56. The Morgan fingerprint density at radius 1 is 1.17 bits per heavy atom. The third-order valence-corrected chi connectivity index (χ3v) is 9.13. The molecule has 0 radical (unpaired) electrons. The van der Waals surface area contributed by atoms with Crippen molar-refractivity contribution >= 4 is 5.78 Å². The Kier molecular flexibility index (Phi) is 2.24. The van der Waals surface area contributed by atoms with Crippen LogP contribution in [0.25, 0.3) is 0 Å². The van der Waals surface area contributed by atoms with Gasteiger partial charge in [0.2, 0.25) is 0 Å². The molecule has 7 atom stereocenters. The first-order valence-electron chi connectivity index (χ1n) is 9.72. The molecule has 0 aromatic carbocycles. The molecule has 4 saturated carbocycles. The van der Waals surface area contributed by atoms with Gasteiger partial charge in [-0.05, 0) is 91.8 Å². The lowest BCUT2D eigenvalue weighted by Gasteiger charge is -2.61. The minimum absolute atomic E-state index is 0.182. The number of hydrogen-bond acceptors (Lipinski definition) is 2. The monoisotopic (exact) mass is 310 g/mol. The van der Waals surface area contributed by atoms with Crippen LogP contribution in [0.15, 0.2) is 22.8 Å². The summed E-state index contributed by atoms with van der Waals surface area (Å²) in [5, 5.41) is 11.4. The van der Waals surface area contributed by atoms with Gasteiger partial charge in [-0.25, -0.2) is 0 Å². The summed E-state index contributed by atoms with van der Waals surface area (Å²) in [7, 11) is 0. The Bertz CT molecular complexity index is 701. The van der Waals surface area contributed by atoms with E-state index in [1.807, 2.05) is 6.08 Å². The molecule has 6 rings (SSSR count). The number of allylic oxidation sites excluding steroid dienone is 4. The number of carbonyl (C=O) groups excluding carboxylic acids is 1. The molecule has 0 spiro atoms. The molecule has 6 aliphatic rings. The second-order valence-electron chi connectivity index (χ2n) is 9.51. The molecule has 2 heteroatoms. The third kappa shape index (κ3) is 1.30. The van der Waals surface area contributed by atoms with Gasteiger partial charge < -0.3 is 5.11 Å².